The summed E-state index contributed by atoms with van der Waals surface area (Å²) in [5.74, 6) is -3.20. The Morgan fingerprint density at radius 2 is 1.73 bits per heavy atom. The predicted molar refractivity (Wildman–Crippen MR) is 171 cm³/mol. The average Bonchev–Trinajstić information content (AvgIpc) is 3.69. The Kier molecular flexibility index (Phi) is 10.8. The number of ether oxygens (including phenoxy) is 3. The number of carbonyl (C=O) groups is 1. The number of likely N-dealkylation sites (N-methyl/N-ethyl adjacent to an activating group) is 1. The van der Waals surface area contributed by atoms with Crippen LogP contribution in [0, 0.1) is 23.0 Å². The lowest BCUT2D eigenvalue weighted by molar-refractivity contribution is -0.209. The highest BCUT2D eigenvalue weighted by atomic mass is 19.4. The molecule has 2 saturated heterocycles. The second-order valence-electron chi connectivity index (χ2n) is 14.2. The van der Waals surface area contributed by atoms with Gasteiger partial charge in [0.2, 0.25) is 35.4 Å². The Morgan fingerprint density at radius 3 is 2.33 bits per heavy atom. The molecular weight excluding hydrogens is 681 g/mol. The van der Waals surface area contributed by atoms with Gasteiger partial charge in [-0.15, -0.1) is 0 Å². The number of rotatable bonds is 9. The molecule has 12 nitrogen and oxygen atoms in total. The van der Waals surface area contributed by atoms with Crippen LogP contribution in [0.4, 0.5) is 26.7 Å². The van der Waals surface area contributed by atoms with E-state index in [1.807, 2.05) is 0 Å². The SMILES string of the molecule is CN1CCC[C@H]1[C@@H](Oc1cc(O[C@H]2CCN(C(=O)OC(C)(C)C)[C@H](CC#N)C2)nc(-c2noc(C(C)(C)c3c(F)cccc3F)n2)n1)C(F)(F)F. The largest absolute Gasteiger partial charge is 0.474 e. The third-order valence-electron chi connectivity index (χ3n) is 8.83. The highest BCUT2D eigenvalue weighted by Crippen LogP contribution is 2.37. The standard InChI is InChI=1S/C34H40F5N7O5/c1-32(2,3)50-31(47)46-16-13-20(17-19(46)12-14-40)48-24-18-25(49-27(34(37,38)39)23-11-8-15-45(23)6)42-28(41-24)29-43-30(51-44-29)33(4,5)26-21(35)9-7-10-22(26)36/h7,9-10,18-20,23,27H,8,11-13,15-17H2,1-6H3/t19-,20+,23+,27-/m1/s1. The first-order chi connectivity index (χ1) is 23.9. The minimum absolute atomic E-state index is 0.0192. The molecule has 1 amide bonds. The summed E-state index contributed by atoms with van der Waals surface area (Å²) >= 11 is 0. The van der Waals surface area contributed by atoms with Gasteiger partial charge in [0.1, 0.15) is 23.3 Å². The van der Waals surface area contributed by atoms with Crippen LogP contribution in [-0.2, 0) is 10.2 Å². The second kappa shape index (κ2) is 14.6. The molecule has 0 saturated carbocycles. The number of nitriles is 1. The van der Waals surface area contributed by atoms with Gasteiger partial charge in [-0.25, -0.2) is 13.6 Å². The number of carbonyl (C=O) groups excluding carboxylic acids is 1. The third kappa shape index (κ3) is 8.66. The quantitative estimate of drug-likeness (QED) is 0.221. The van der Waals surface area contributed by atoms with Crippen molar-refractivity contribution >= 4 is 6.09 Å². The number of nitrogens with zero attached hydrogens (tertiary/aromatic N) is 7. The molecule has 276 valence electrons. The van der Waals surface area contributed by atoms with Gasteiger partial charge in [0.25, 0.3) is 0 Å². The monoisotopic (exact) mass is 721 g/mol. The van der Waals surface area contributed by atoms with Gasteiger partial charge in [0, 0.05) is 24.9 Å². The summed E-state index contributed by atoms with van der Waals surface area (Å²) in [6.45, 7) is 8.75. The van der Waals surface area contributed by atoms with E-state index in [2.05, 4.69) is 26.2 Å². The second-order valence-corrected chi connectivity index (χ2v) is 14.2. The first-order valence-electron chi connectivity index (χ1n) is 16.5. The number of alkyl halides is 3. The van der Waals surface area contributed by atoms with Gasteiger partial charge in [-0.3, -0.25) is 4.90 Å². The molecular formula is C34H40F5N7O5. The lowest BCUT2D eigenvalue weighted by Gasteiger charge is -2.38. The first-order valence-corrected chi connectivity index (χ1v) is 16.5. The highest BCUT2D eigenvalue weighted by Gasteiger charge is 2.50. The van der Waals surface area contributed by atoms with Gasteiger partial charge in [-0.2, -0.15) is 33.4 Å². The van der Waals surface area contributed by atoms with Crippen molar-refractivity contribution in [3.8, 4) is 29.5 Å². The molecule has 0 N–H and O–H groups in total. The van der Waals surface area contributed by atoms with Gasteiger partial charge < -0.3 is 23.6 Å². The highest BCUT2D eigenvalue weighted by molar-refractivity contribution is 5.68. The number of hydrogen-bond donors (Lipinski definition) is 0. The molecule has 1 aromatic carbocycles. The van der Waals surface area contributed by atoms with Crippen LogP contribution in [0.1, 0.15) is 78.2 Å². The maximum atomic E-state index is 14.8. The smallest absolute Gasteiger partial charge is 0.427 e. The number of piperidine rings is 1. The van der Waals surface area contributed by atoms with E-state index in [1.165, 1.54) is 24.8 Å². The van der Waals surface area contributed by atoms with E-state index < -0.39 is 65.1 Å². The van der Waals surface area contributed by atoms with Crippen LogP contribution >= 0.6 is 0 Å². The lowest BCUT2D eigenvalue weighted by atomic mass is 9.83. The topological polar surface area (TPSA) is 140 Å². The minimum atomic E-state index is -4.76. The fourth-order valence-corrected chi connectivity index (χ4v) is 6.36. The van der Waals surface area contributed by atoms with E-state index >= 15 is 0 Å². The number of benzene rings is 1. The summed E-state index contributed by atoms with van der Waals surface area (Å²) in [5.41, 5.74) is -2.56. The van der Waals surface area contributed by atoms with Crippen LogP contribution in [-0.4, -0.2) is 92.2 Å². The Balaban J connectivity index is 1.48. The van der Waals surface area contributed by atoms with Crippen molar-refractivity contribution in [1.82, 2.24) is 29.9 Å². The van der Waals surface area contributed by atoms with Crippen molar-refractivity contribution in [3.63, 3.8) is 0 Å². The summed E-state index contributed by atoms with van der Waals surface area (Å²) in [4.78, 5) is 28.7. The fraction of sp³-hybridized carbons (Fsp3) is 0.588. The molecule has 0 aliphatic carbocycles. The van der Waals surface area contributed by atoms with E-state index in [0.29, 0.717) is 13.0 Å². The molecule has 0 unspecified atom stereocenters. The van der Waals surface area contributed by atoms with Gasteiger partial charge in [-0.1, -0.05) is 11.2 Å². The molecule has 0 spiro atoms. The summed E-state index contributed by atoms with van der Waals surface area (Å²) in [6.07, 6.45) is -6.97. The molecule has 2 fully saturated rings. The fourth-order valence-electron chi connectivity index (χ4n) is 6.36. The zero-order valence-corrected chi connectivity index (χ0v) is 29.1. The van der Waals surface area contributed by atoms with E-state index in [9.17, 15) is 32.0 Å². The van der Waals surface area contributed by atoms with Crippen molar-refractivity contribution in [2.45, 2.75) is 108 Å². The third-order valence-corrected chi connectivity index (χ3v) is 8.83. The van der Waals surface area contributed by atoms with Crippen molar-refractivity contribution in [1.29, 1.82) is 5.26 Å². The molecule has 2 aromatic heterocycles. The van der Waals surface area contributed by atoms with Crippen LogP contribution < -0.4 is 9.47 Å². The van der Waals surface area contributed by atoms with E-state index in [4.69, 9.17) is 18.7 Å². The maximum absolute atomic E-state index is 14.8. The van der Waals surface area contributed by atoms with Crippen molar-refractivity contribution in [2.75, 3.05) is 20.1 Å². The molecule has 0 radical (unpaired) electrons. The van der Waals surface area contributed by atoms with Crippen molar-refractivity contribution in [2.24, 2.45) is 0 Å². The molecule has 4 heterocycles. The molecule has 2 aliphatic rings. The minimum Gasteiger partial charge on any atom is -0.474 e. The van der Waals surface area contributed by atoms with Gasteiger partial charge in [-0.05, 0) is 73.2 Å². The lowest BCUT2D eigenvalue weighted by Crippen LogP contribution is -2.50. The predicted octanol–water partition coefficient (Wildman–Crippen LogP) is 6.60. The van der Waals surface area contributed by atoms with E-state index in [1.54, 1.807) is 32.7 Å². The molecule has 2 aliphatic heterocycles. The summed E-state index contributed by atoms with van der Waals surface area (Å²) in [5, 5.41) is 13.4. The van der Waals surface area contributed by atoms with Crippen LogP contribution in [0.5, 0.6) is 11.8 Å². The average molecular weight is 722 g/mol. The molecule has 5 rings (SSSR count). The summed E-state index contributed by atoms with van der Waals surface area (Å²) < 4.78 is 95.4. The molecule has 17 heteroatoms. The normalized spacial score (nSPS) is 20.9. The van der Waals surface area contributed by atoms with Crippen LogP contribution in [0.25, 0.3) is 11.6 Å². The zero-order chi connectivity index (χ0) is 37.3. The van der Waals surface area contributed by atoms with Crippen molar-refractivity contribution < 1.29 is 45.5 Å². The van der Waals surface area contributed by atoms with Crippen LogP contribution in [0.3, 0.4) is 0 Å². The molecule has 3 aromatic rings. The van der Waals surface area contributed by atoms with E-state index in [-0.39, 0.29) is 61.2 Å². The van der Waals surface area contributed by atoms with E-state index in [0.717, 1.165) is 18.2 Å². The first kappa shape index (κ1) is 37.7. The number of amides is 1. The molecule has 4 atom stereocenters. The molecule has 0 bridgehead atoms. The van der Waals surface area contributed by atoms with Crippen LogP contribution in [0.15, 0.2) is 28.8 Å². The number of hydrogen-bond acceptors (Lipinski definition) is 11. The molecule has 51 heavy (non-hydrogen) atoms. The Hall–Kier alpha value is -4.59. The maximum Gasteiger partial charge on any atom is 0.427 e. The Labute approximate surface area is 291 Å². The number of halogens is 5. The summed E-state index contributed by atoms with van der Waals surface area (Å²) in [6, 6.07) is 5.02. The van der Waals surface area contributed by atoms with Crippen LogP contribution in [0.2, 0.25) is 0 Å². The summed E-state index contributed by atoms with van der Waals surface area (Å²) in [7, 11) is 1.59. The Bertz CT molecular complexity index is 1740. The number of likely N-dealkylation sites (tertiary alicyclic amines) is 2. The van der Waals surface area contributed by atoms with Gasteiger partial charge >= 0.3 is 12.3 Å². The zero-order valence-electron chi connectivity index (χ0n) is 29.1. The number of aromatic nitrogens is 4. The van der Waals surface area contributed by atoms with Crippen molar-refractivity contribution in [3.05, 3.63) is 47.4 Å². The van der Waals surface area contributed by atoms with Gasteiger partial charge in [0.05, 0.1) is 36.1 Å². The van der Waals surface area contributed by atoms with Gasteiger partial charge in [0.15, 0.2) is 0 Å². The Morgan fingerprint density at radius 1 is 1.04 bits per heavy atom.